The molecule has 0 saturated heterocycles. The molecule has 0 fully saturated rings. The van der Waals surface area contributed by atoms with Crippen molar-refractivity contribution in [2.75, 3.05) is 0 Å². The van der Waals surface area contributed by atoms with Gasteiger partial charge in [-0.3, -0.25) is 0 Å². The zero-order valence-corrected chi connectivity index (χ0v) is 13.9. The second kappa shape index (κ2) is 5.68. The Morgan fingerprint density at radius 1 is 1.09 bits per heavy atom. The molecule has 114 valence electrons. The van der Waals surface area contributed by atoms with Crippen molar-refractivity contribution in [3.8, 4) is 10.9 Å². The fraction of sp³-hybridized carbons (Fsp3) is 0. The first-order valence-corrected chi connectivity index (χ1v) is 9.00. The lowest BCUT2D eigenvalue weighted by Gasteiger charge is -2.05. The molecule has 0 radical (unpaired) electrons. The van der Waals surface area contributed by atoms with Crippen molar-refractivity contribution >= 4 is 54.8 Å². The highest BCUT2D eigenvalue weighted by molar-refractivity contribution is 7.89. The van der Waals surface area contributed by atoms with Gasteiger partial charge in [-0.05, 0) is 30.3 Å². The lowest BCUT2D eigenvalue weighted by Crippen LogP contribution is -2.12. The van der Waals surface area contributed by atoms with Gasteiger partial charge in [0, 0.05) is 16.1 Å². The number of rotatable bonds is 3. The third-order valence-corrected chi connectivity index (χ3v) is 4.97. The van der Waals surface area contributed by atoms with E-state index in [1.165, 1.54) is 29.5 Å². The van der Waals surface area contributed by atoms with E-state index < -0.39 is 10.0 Å². The Kier molecular flexibility index (Phi) is 4.00. The Labute approximate surface area is 140 Å². The zero-order valence-electron chi connectivity index (χ0n) is 10.8. The number of aromatic nitrogens is 1. The second-order valence-electron chi connectivity index (χ2n) is 4.36. The quantitative estimate of drug-likeness (QED) is 0.749. The first-order valence-electron chi connectivity index (χ1n) is 5.88. The number of primary sulfonamides is 1. The fourth-order valence-electron chi connectivity index (χ4n) is 1.78. The molecule has 22 heavy (non-hydrogen) atoms. The van der Waals surface area contributed by atoms with Crippen molar-refractivity contribution in [1.29, 1.82) is 0 Å². The number of sulfonamides is 1. The summed E-state index contributed by atoms with van der Waals surface area (Å²) in [7, 11) is -3.87. The summed E-state index contributed by atoms with van der Waals surface area (Å²) in [4.78, 5) is 4.15. The molecule has 2 N–H and O–H groups in total. The van der Waals surface area contributed by atoms with E-state index in [0.717, 1.165) is 4.70 Å². The Morgan fingerprint density at radius 2 is 1.86 bits per heavy atom. The van der Waals surface area contributed by atoms with Crippen LogP contribution in [0.1, 0.15) is 0 Å². The van der Waals surface area contributed by atoms with Crippen LogP contribution in [0.3, 0.4) is 0 Å². The van der Waals surface area contributed by atoms with Gasteiger partial charge >= 0.3 is 0 Å². The highest BCUT2D eigenvalue weighted by atomic mass is 35.5. The molecule has 0 unspecified atom stereocenters. The average Bonchev–Trinajstić information content (AvgIpc) is 2.78. The summed E-state index contributed by atoms with van der Waals surface area (Å²) >= 11 is 13.1. The lowest BCUT2D eigenvalue weighted by molar-refractivity contribution is 0.478. The van der Waals surface area contributed by atoms with Gasteiger partial charge in [-0.1, -0.05) is 34.5 Å². The maximum absolute atomic E-state index is 11.4. The minimum absolute atomic E-state index is 0.126. The molecule has 1 aromatic heterocycles. The van der Waals surface area contributed by atoms with Crippen LogP contribution in [0.25, 0.3) is 10.2 Å². The van der Waals surface area contributed by atoms with Crippen LogP contribution in [-0.4, -0.2) is 13.4 Å². The number of fused-ring (bicyclic) bond motifs is 1. The van der Waals surface area contributed by atoms with E-state index >= 15 is 0 Å². The molecule has 0 saturated carbocycles. The Hall–Kier alpha value is -1.38. The molecule has 0 aliphatic carbocycles. The predicted octanol–water partition coefficient (Wildman–Crippen LogP) is 4.04. The summed E-state index contributed by atoms with van der Waals surface area (Å²) in [5.74, 6) is 0.238. The molecule has 0 bridgehead atoms. The molecular formula is C13H8Cl2N2O3S2. The van der Waals surface area contributed by atoms with Crippen molar-refractivity contribution in [3.63, 3.8) is 0 Å². The van der Waals surface area contributed by atoms with Gasteiger partial charge in [-0.2, -0.15) is 0 Å². The highest BCUT2D eigenvalue weighted by Crippen LogP contribution is 2.34. The monoisotopic (exact) mass is 374 g/mol. The summed E-state index contributed by atoms with van der Waals surface area (Å²) in [6.07, 6.45) is 0. The number of hydrogen-bond acceptors (Lipinski definition) is 5. The van der Waals surface area contributed by atoms with E-state index in [1.807, 2.05) is 6.07 Å². The average molecular weight is 375 g/mol. The van der Waals surface area contributed by atoms with Crippen molar-refractivity contribution in [3.05, 3.63) is 46.4 Å². The molecule has 0 atom stereocenters. The van der Waals surface area contributed by atoms with Crippen LogP contribution in [0.2, 0.25) is 10.0 Å². The Bertz CT molecular complexity index is 971. The first-order chi connectivity index (χ1) is 10.3. The summed E-state index contributed by atoms with van der Waals surface area (Å²) in [5, 5.41) is 6.22. The summed E-state index contributed by atoms with van der Waals surface area (Å²) < 4.78 is 29.3. The van der Waals surface area contributed by atoms with Crippen LogP contribution in [0.4, 0.5) is 0 Å². The third kappa shape index (κ3) is 3.34. The number of nitrogens with two attached hydrogens (primary N) is 1. The van der Waals surface area contributed by atoms with Crippen LogP contribution < -0.4 is 9.88 Å². The van der Waals surface area contributed by atoms with E-state index in [0.29, 0.717) is 15.7 Å². The summed E-state index contributed by atoms with van der Waals surface area (Å²) in [5.41, 5.74) is 0.696. The molecule has 0 amide bonds. The smallest absolute Gasteiger partial charge is 0.279 e. The molecule has 2 aromatic carbocycles. The van der Waals surface area contributed by atoms with Crippen molar-refractivity contribution < 1.29 is 13.2 Å². The number of benzene rings is 2. The second-order valence-corrected chi connectivity index (χ2v) is 7.79. The standard InChI is InChI=1S/C13H8Cl2N2O3S2/c14-7-1-2-12-11(5-7)17-13(21-12)20-9-3-8(15)4-10(6-9)22(16,18)19/h1-6H,(H2,16,18,19). The van der Waals surface area contributed by atoms with Gasteiger partial charge in [0.2, 0.25) is 10.0 Å². The zero-order chi connectivity index (χ0) is 15.9. The van der Waals surface area contributed by atoms with E-state index in [2.05, 4.69) is 4.98 Å². The van der Waals surface area contributed by atoms with Crippen molar-refractivity contribution in [2.24, 2.45) is 5.14 Å². The van der Waals surface area contributed by atoms with Gasteiger partial charge in [0.15, 0.2) is 0 Å². The minimum atomic E-state index is -3.87. The molecule has 9 heteroatoms. The number of thiazole rings is 1. The SMILES string of the molecule is NS(=O)(=O)c1cc(Cl)cc(Oc2nc3cc(Cl)ccc3s2)c1. The minimum Gasteiger partial charge on any atom is -0.431 e. The fourth-order valence-corrected chi connectivity index (χ4v) is 3.63. The summed E-state index contributed by atoms with van der Waals surface area (Å²) in [6, 6.07) is 9.33. The van der Waals surface area contributed by atoms with Gasteiger partial charge in [-0.15, -0.1) is 0 Å². The molecule has 3 rings (SSSR count). The van der Waals surface area contributed by atoms with Gasteiger partial charge in [-0.25, -0.2) is 18.5 Å². The largest absolute Gasteiger partial charge is 0.431 e. The molecule has 5 nitrogen and oxygen atoms in total. The molecule has 0 spiro atoms. The maximum Gasteiger partial charge on any atom is 0.279 e. The maximum atomic E-state index is 11.4. The van der Waals surface area contributed by atoms with E-state index in [4.69, 9.17) is 33.1 Å². The third-order valence-electron chi connectivity index (χ3n) is 2.71. The van der Waals surface area contributed by atoms with Gasteiger partial charge < -0.3 is 4.74 Å². The van der Waals surface area contributed by atoms with Crippen LogP contribution in [0.5, 0.6) is 10.9 Å². The van der Waals surface area contributed by atoms with Gasteiger partial charge in [0.1, 0.15) is 5.75 Å². The molecule has 0 aliphatic heterocycles. The molecular weight excluding hydrogens is 367 g/mol. The summed E-state index contributed by atoms with van der Waals surface area (Å²) in [6.45, 7) is 0. The normalized spacial score (nSPS) is 11.8. The molecule has 1 heterocycles. The number of hydrogen-bond donors (Lipinski definition) is 1. The topological polar surface area (TPSA) is 82.3 Å². The van der Waals surface area contributed by atoms with Crippen LogP contribution in [-0.2, 0) is 10.0 Å². The Balaban J connectivity index is 1.99. The van der Waals surface area contributed by atoms with Crippen LogP contribution in [0, 0.1) is 0 Å². The van der Waals surface area contributed by atoms with Gasteiger partial charge in [0.25, 0.3) is 5.19 Å². The first kappa shape index (κ1) is 15.5. The Morgan fingerprint density at radius 3 is 2.59 bits per heavy atom. The van der Waals surface area contributed by atoms with Crippen LogP contribution >= 0.6 is 34.5 Å². The van der Waals surface area contributed by atoms with Crippen molar-refractivity contribution in [1.82, 2.24) is 4.98 Å². The van der Waals surface area contributed by atoms with Crippen LogP contribution in [0.15, 0.2) is 41.3 Å². The van der Waals surface area contributed by atoms with Gasteiger partial charge in [0.05, 0.1) is 15.1 Å². The van der Waals surface area contributed by atoms with E-state index in [9.17, 15) is 8.42 Å². The van der Waals surface area contributed by atoms with Crippen molar-refractivity contribution in [2.45, 2.75) is 4.90 Å². The van der Waals surface area contributed by atoms with E-state index in [-0.39, 0.29) is 15.7 Å². The highest BCUT2D eigenvalue weighted by Gasteiger charge is 2.13. The molecule has 3 aromatic rings. The number of nitrogens with zero attached hydrogens (tertiary/aromatic N) is 1. The number of halogens is 2. The predicted molar refractivity (Wildman–Crippen MR) is 87.5 cm³/mol. The molecule has 0 aliphatic rings. The lowest BCUT2D eigenvalue weighted by atomic mass is 10.3. The van der Waals surface area contributed by atoms with E-state index in [1.54, 1.807) is 12.1 Å². The number of ether oxygens (including phenoxy) is 1.